The van der Waals surface area contributed by atoms with Crippen molar-refractivity contribution in [2.24, 2.45) is 0 Å². The minimum atomic E-state index is 0.758. The fraction of sp³-hybridized carbons (Fsp3) is 0.133. The highest BCUT2D eigenvalue weighted by atomic mass is 14.7. The minimum absolute atomic E-state index is 0.758. The molecule has 0 amide bonds. The summed E-state index contributed by atoms with van der Waals surface area (Å²) in [4.78, 5) is 4.62. The predicted molar refractivity (Wildman–Crippen MR) is 73.1 cm³/mol. The van der Waals surface area contributed by atoms with Crippen LogP contribution in [0.2, 0.25) is 0 Å². The third-order valence-corrected chi connectivity index (χ3v) is 3.17. The second kappa shape index (κ2) is 3.45. The van der Waals surface area contributed by atoms with E-state index in [1.165, 1.54) is 16.3 Å². The molecule has 0 spiro atoms. The van der Waals surface area contributed by atoms with Crippen molar-refractivity contribution in [3.05, 3.63) is 47.7 Å². The van der Waals surface area contributed by atoms with E-state index in [2.05, 4.69) is 36.2 Å². The fourth-order valence-electron chi connectivity index (χ4n) is 2.40. The first-order valence-corrected chi connectivity index (χ1v) is 5.72. The van der Waals surface area contributed by atoms with Crippen molar-refractivity contribution in [3.63, 3.8) is 0 Å². The zero-order valence-electron chi connectivity index (χ0n) is 9.99. The molecule has 0 unspecified atom stereocenters. The van der Waals surface area contributed by atoms with Gasteiger partial charge in [-0.2, -0.15) is 0 Å². The Morgan fingerprint density at radius 3 is 2.41 bits per heavy atom. The van der Waals surface area contributed by atoms with Gasteiger partial charge in [-0.25, -0.2) is 0 Å². The summed E-state index contributed by atoms with van der Waals surface area (Å²) < 4.78 is 0. The molecule has 2 nitrogen and oxygen atoms in total. The highest BCUT2D eigenvalue weighted by molar-refractivity contribution is 6.09. The van der Waals surface area contributed by atoms with Crippen LogP contribution in [0.15, 0.2) is 36.4 Å². The van der Waals surface area contributed by atoms with Crippen LogP contribution in [0.25, 0.3) is 21.7 Å². The molecule has 17 heavy (non-hydrogen) atoms. The van der Waals surface area contributed by atoms with Crippen molar-refractivity contribution < 1.29 is 0 Å². The van der Waals surface area contributed by atoms with E-state index in [9.17, 15) is 0 Å². The quantitative estimate of drug-likeness (QED) is 0.466. The summed E-state index contributed by atoms with van der Waals surface area (Å²) in [5.74, 6) is 0. The van der Waals surface area contributed by atoms with Gasteiger partial charge in [0.1, 0.15) is 0 Å². The van der Waals surface area contributed by atoms with Crippen molar-refractivity contribution >= 4 is 27.4 Å². The number of rotatable bonds is 0. The molecule has 0 aliphatic heterocycles. The Morgan fingerprint density at radius 2 is 1.65 bits per heavy atom. The lowest BCUT2D eigenvalue weighted by Crippen LogP contribution is -1.94. The Kier molecular flexibility index (Phi) is 2.05. The molecule has 3 rings (SSSR count). The number of aryl methyl sites for hydroxylation is 2. The van der Waals surface area contributed by atoms with Crippen LogP contribution in [-0.2, 0) is 0 Å². The minimum Gasteiger partial charge on any atom is -0.397 e. The van der Waals surface area contributed by atoms with Crippen LogP contribution in [0.4, 0.5) is 5.69 Å². The Hall–Kier alpha value is -2.09. The maximum atomic E-state index is 6.05. The standard InChI is InChI=1S/C15H14N2/c1-9-7-13-12-6-4-3-5-11(12)10(2)17-15(13)14(16)8-9/h3-8H,16H2,1-2H3. The summed E-state index contributed by atoms with van der Waals surface area (Å²) in [6, 6.07) is 12.5. The molecule has 0 fully saturated rings. The molecule has 0 saturated heterocycles. The number of benzene rings is 2. The van der Waals surface area contributed by atoms with Gasteiger partial charge >= 0.3 is 0 Å². The Balaban J connectivity index is 2.63. The third-order valence-electron chi connectivity index (χ3n) is 3.17. The lowest BCUT2D eigenvalue weighted by Gasteiger charge is -2.09. The maximum absolute atomic E-state index is 6.05. The third kappa shape index (κ3) is 1.45. The van der Waals surface area contributed by atoms with Gasteiger partial charge < -0.3 is 5.73 Å². The Bertz CT molecular complexity index is 730. The second-order valence-electron chi connectivity index (χ2n) is 4.49. The van der Waals surface area contributed by atoms with E-state index < -0.39 is 0 Å². The smallest absolute Gasteiger partial charge is 0.0940 e. The number of nitrogens with zero attached hydrogens (tertiary/aromatic N) is 1. The van der Waals surface area contributed by atoms with Gasteiger partial charge in [-0.05, 0) is 36.9 Å². The van der Waals surface area contributed by atoms with Crippen LogP contribution in [0.3, 0.4) is 0 Å². The molecule has 2 aromatic carbocycles. The highest BCUT2D eigenvalue weighted by Gasteiger charge is 2.07. The van der Waals surface area contributed by atoms with E-state index in [0.717, 1.165) is 22.3 Å². The molecule has 0 bridgehead atoms. The number of hydrogen-bond acceptors (Lipinski definition) is 2. The summed E-state index contributed by atoms with van der Waals surface area (Å²) in [6.07, 6.45) is 0. The molecule has 0 radical (unpaired) electrons. The van der Waals surface area contributed by atoms with Gasteiger partial charge in [-0.15, -0.1) is 0 Å². The lowest BCUT2D eigenvalue weighted by atomic mass is 10.0. The van der Waals surface area contributed by atoms with E-state index in [-0.39, 0.29) is 0 Å². The average molecular weight is 222 g/mol. The van der Waals surface area contributed by atoms with Crippen molar-refractivity contribution in [2.75, 3.05) is 5.73 Å². The van der Waals surface area contributed by atoms with Gasteiger partial charge in [0.2, 0.25) is 0 Å². The van der Waals surface area contributed by atoms with Gasteiger partial charge in [-0.3, -0.25) is 4.98 Å². The predicted octanol–water partition coefficient (Wildman–Crippen LogP) is 3.59. The number of pyridine rings is 1. The topological polar surface area (TPSA) is 38.9 Å². The molecule has 84 valence electrons. The molecule has 0 saturated carbocycles. The van der Waals surface area contributed by atoms with E-state index in [4.69, 9.17) is 5.73 Å². The van der Waals surface area contributed by atoms with Gasteiger partial charge in [0.15, 0.2) is 0 Å². The molecule has 2 N–H and O–H groups in total. The number of hydrogen-bond donors (Lipinski definition) is 1. The summed E-state index contributed by atoms with van der Waals surface area (Å²) in [6.45, 7) is 4.09. The molecule has 0 aliphatic carbocycles. The number of aromatic nitrogens is 1. The maximum Gasteiger partial charge on any atom is 0.0940 e. The number of nitrogen functional groups attached to an aromatic ring is 1. The van der Waals surface area contributed by atoms with Crippen LogP contribution in [0, 0.1) is 13.8 Å². The summed E-state index contributed by atoms with van der Waals surface area (Å²) in [7, 11) is 0. The molecular formula is C15H14N2. The highest BCUT2D eigenvalue weighted by Crippen LogP contribution is 2.29. The van der Waals surface area contributed by atoms with Crippen LogP contribution < -0.4 is 5.73 Å². The molecule has 1 aromatic heterocycles. The molecule has 3 aromatic rings. The van der Waals surface area contributed by atoms with Gasteiger partial charge in [0.25, 0.3) is 0 Å². The van der Waals surface area contributed by atoms with Crippen LogP contribution >= 0.6 is 0 Å². The first kappa shape index (κ1) is 10.1. The SMILES string of the molecule is Cc1cc(N)c2nc(C)c3ccccc3c2c1. The summed E-state index contributed by atoms with van der Waals surface area (Å²) in [5.41, 5.74) is 9.92. The van der Waals surface area contributed by atoms with E-state index in [1.54, 1.807) is 0 Å². The van der Waals surface area contributed by atoms with Crippen LogP contribution in [0.5, 0.6) is 0 Å². The molecule has 2 heteroatoms. The van der Waals surface area contributed by atoms with Crippen LogP contribution in [-0.4, -0.2) is 4.98 Å². The van der Waals surface area contributed by atoms with Crippen molar-refractivity contribution in [1.82, 2.24) is 4.98 Å². The monoisotopic (exact) mass is 222 g/mol. The first-order valence-electron chi connectivity index (χ1n) is 5.72. The zero-order chi connectivity index (χ0) is 12.0. The van der Waals surface area contributed by atoms with Gasteiger partial charge in [-0.1, -0.05) is 24.3 Å². The van der Waals surface area contributed by atoms with Crippen LogP contribution in [0.1, 0.15) is 11.3 Å². The van der Waals surface area contributed by atoms with Crippen molar-refractivity contribution in [3.8, 4) is 0 Å². The largest absolute Gasteiger partial charge is 0.397 e. The molecule has 1 heterocycles. The van der Waals surface area contributed by atoms with E-state index >= 15 is 0 Å². The van der Waals surface area contributed by atoms with Gasteiger partial charge in [0, 0.05) is 16.5 Å². The van der Waals surface area contributed by atoms with Gasteiger partial charge in [0.05, 0.1) is 11.2 Å². The molecule has 0 aliphatic rings. The normalized spacial score (nSPS) is 11.2. The Labute approximate surface area is 100 Å². The average Bonchev–Trinajstić information content (AvgIpc) is 2.31. The Morgan fingerprint density at radius 1 is 0.941 bits per heavy atom. The number of anilines is 1. The second-order valence-corrected chi connectivity index (χ2v) is 4.49. The van der Waals surface area contributed by atoms with E-state index in [1.807, 2.05) is 19.1 Å². The summed E-state index contributed by atoms with van der Waals surface area (Å²) in [5, 5.41) is 3.57. The lowest BCUT2D eigenvalue weighted by molar-refractivity contribution is 1.29. The first-order chi connectivity index (χ1) is 8.16. The van der Waals surface area contributed by atoms with E-state index in [0.29, 0.717) is 0 Å². The number of nitrogens with two attached hydrogens (primary N) is 1. The van der Waals surface area contributed by atoms with Crippen molar-refractivity contribution in [2.45, 2.75) is 13.8 Å². The molecule has 0 atom stereocenters. The summed E-state index contributed by atoms with van der Waals surface area (Å²) >= 11 is 0. The molecular weight excluding hydrogens is 208 g/mol. The number of fused-ring (bicyclic) bond motifs is 3. The van der Waals surface area contributed by atoms with Crippen molar-refractivity contribution in [1.29, 1.82) is 0 Å². The fourth-order valence-corrected chi connectivity index (χ4v) is 2.40. The zero-order valence-corrected chi connectivity index (χ0v) is 9.99.